The summed E-state index contributed by atoms with van der Waals surface area (Å²) < 4.78 is 5.44. The molecule has 1 aliphatic heterocycles. The Morgan fingerprint density at radius 2 is 2.04 bits per heavy atom. The second-order valence-corrected chi connectivity index (χ2v) is 7.10. The van der Waals surface area contributed by atoms with Crippen molar-refractivity contribution in [2.45, 2.75) is 39.0 Å². The van der Waals surface area contributed by atoms with Gasteiger partial charge in [0.05, 0.1) is 0 Å². The molecular formula is C20H33ClIN3O. The van der Waals surface area contributed by atoms with Gasteiger partial charge in [-0.2, -0.15) is 0 Å². The number of ether oxygens (including phenoxy) is 1. The molecule has 1 heterocycles. The number of benzene rings is 1. The topological polar surface area (TPSA) is 36.9 Å². The Bertz CT molecular complexity index is 536. The predicted molar refractivity (Wildman–Crippen MR) is 122 cm³/mol. The van der Waals surface area contributed by atoms with Crippen LogP contribution in [0.3, 0.4) is 0 Å². The molecule has 1 N–H and O–H groups in total. The highest BCUT2D eigenvalue weighted by Crippen LogP contribution is 2.19. The number of hydrogen-bond acceptors (Lipinski definition) is 2. The normalized spacial score (nSPS) is 15.4. The van der Waals surface area contributed by atoms with E-state index in [-0.39, 0.29) is 24.0 Å². The van der Waals surface area contributed by atoms with Gasteiger partial charge in [-0.1, -0.05) is 29.8 Å². The van der Waals surface area contributed by atoms with E-state index in [0.717, 1.165) is 62.6 Å². The highest BCUT2D eigenvalue weighted by molar-refractivity contribution is 14.0. The lowest BCUT2D eigenvalue weighted by atomic mass is 9.96. The van der Waals surface area contributed by atoms with Crippen molar-refractivity contribution in [1.29, 1.82) is 0 Å². The largest absolute Gasteiger partial charge is 0.381 e. The Kier molecular flexibility index (Phi) is 12.3. The van der Waals surface area contributed by atoms with Crippen LogP contribution in [0, 0.1) is 5.92 Å². The second kappa shape index (κ2) is 13.6. The molecule has 0 atom stereocenters. The monoisotopic (exact) mass is 493 g/mol. The predicted octanol–water partition coefficient (Wildman–Crippen LogP) is 4.60. The Balaban J connectivity index is 0.00000338. The second-order valence-electron chi connectivity index (χ2n) is 6.70. The molecule has 1 aromatic rings. The van der Waals surface area contributed by atoms with Gasteiger partial charge in [-0.25, -0.2) is 0 Å². The summed E-state index contributed by atoms with van der Waals surface area (Å²) in [6.07, 6.45) is 5.57. The van der Waals surface area contributed by atoms with Gasteiger partial charge < -0.3 is 15.0 Å². The lowest BCUT2D eigenvalue weighted by Crippen LogP contribution is -2.40. The van der Waals surface area contributed by atoms with Crippen LogP contribution in [0.1, 0.15) is 38.2 Å². The van der Waals surface area contributed by atoms with Crippen LogP contribution in [0.25, 0.3) is 0 Å². The van der Waals surface area contributed by atoms with Gasteiger partial charge in [-0.15, -0.1) is 24.0 Å². The summed E-state index contributed by atoms with van der Waals surface area (Å²) in [6, 6.07) is 8.06. The fraction of sp³-hybridized carbons (Fsp3) is 0.650. The SMILES string of the molecule is CCNC(=NCCCc1ccccc1Cl)N(C)CCC1CCOCC1.I. The Morgan fingerprint density at radius 1 is 1.31 bits per heavy atom. The summed E-state index contributed by atoms with van der Waals surface area (Å²) in [4.78, 5) is 7.04. The molecule has 1 fully saturated rings. The number of halogens is 2. The first-order valence-electron chi connectivity index (χ1n) is 9.51. The summed E-state index contributed by atoms with van der Waals surface area (Å²) in [5.74, 6) is 1.80. The average molecular weight is 494 g/mol. The number of nitrogens with one attached hydrogen (secondary N) is 1. The van der Waals surface area contributed by atoms with Gasteiger partial charge in [-0.3, -0.25) is 4.99 Å². The molecule has 0 unspecified atom stereocenters. The van der Waals surface area contributed by atoms with Crippen molar-refractivity contribution in [2.75, 3.05) is 39.9 Å². The van der Waals surface area contributed by atoms with Crippen LogP contribution in [0.4, 0.5) is 0 Å². The zero-order valence-electron chi connectivity index (χ0n) is 16.0. The van der Waals surface area contributed by atoms with Crippen LogP contribution in [0.2, 0.25) is 5.02 Å². The fourth-order valence-electron chi connectivity index (χ4n) is 3.14. The average Bonchev–Trinajstić information content (AvgIpc) is 2.64. The molecule has 1 saturated heterocycles. The first-order valence-corrected chi connectivity index (χ1v) is 9.89. The molecule has 4 nitrogen and oxygen atoms in total. The van der Waals surface area contributed by atoms with E-state index in [2.05, 4.69) is 30.3 Å². The van der Waals surface area contributed by atoms with Crippen LogP contribution in [-0.2, 0) is 11.2 Å². The van der Waals surface area contributed by atoms with Gasteiger partial charge in [0.25, 0.3) is 0 Å². The molecule has 0 spiro atoms. The van der Waals surface area contributed by atoms with Crippen LogP contribution < -0.4 is 5.32 Å². The summed E-state index contributed by atoms with van der Waals surface area (Å²) >= 11 is 6.22. The number of hydrogen-bond donors (Lipinski definition) is 1. The molecule has 26 heavy (non-hydrogen) atoms. The summed E-state index contributed by atoms with van der Waals surface area (Å²) in [5, 5.41) is 4.26. The van der Waals surface area contributed by atoms with E-state index in [1.54, 1.807) is 0 Å². The number of nitrogens with zero attached hydrogens (tertiary/aromatic N) is 2. The molecule has 0 amide bonds. The van der Waals surface area contributed by atoms with Crippen molar-refractivity contribution in [2.24, 2.45) is 10.9 Å². The minimum absolute atomic E-state index is 0. The third-order valence-corrected chi connectivity index (χ3v) is 5.10. The van der Waals surface area contributed by atoms with Crippen molar-refractivity contribution < 1.29 is 4.74 Å². The zero-order chi connectivity index (χ0) is 17.9. The van der Waals surface area contributed by atoms with Gasteiger partial charge in [0.1, 0.15) is 0 Å². The van der Waals surface area contributed by atoms with Crippen LogP contribution >= 0.6 is 35.6 Å². The highest BCUT2D eigenvalue weighted by Gasteiger charge is 2.15. The summed E-state index contributed by atoms with van der Waals surface area (Å²) in [5.41, 5.74) is 1.21. The van der Waals surface area contributed by atoms with Crippen LogP contribution in [0.5, 0.6) is 0 Å². The molecule has 0 bridgehead atoms. The van der Waals surface area contributed by atoms with Gasteiger partial charge in [0.2, 0.25) is 0 Å². The third kappa shape index (κ3) is 8.44. The highest BCUT2D eigenvalue weighted by atomic mass is 127. The molecule has 6 heteroatoms. The van der Waals surface area contributed by atoms with E-state index in [0.29, 0.717) is 0 Å². The number of guanidine groups is 1. The van der Waals surface area contributed by atoms with E-state index in [9.17, 15) is 0 Å². The van der Waals surface area contributed by atoms with Crippen molar-refractivity contribution >= 4 is 41.5 Å². The van der Waals surface area contributed by atoms with Crippen molar-refractivity contribution in [3.05, 3.63) is 34.9 Å². The molecule has 2 rings (SSSR count). The van der Waals surface area contributed by atoms with E-state index < -0.39 is 0 Å². The van der Waals surface area contributed by atoms with Gasteiger partial charge >= 0.3 is 0 Å². The summed E-state index contributed by atoms with van der Waals surface area (Å²) in [6.45, 7) is 6.71. The molecule has 0 saturated carbocycles. The molecule has 0 aliphatic carbocycles. The fourth-order valence-corrected chi connectivity index (χ4v) is 3.37. The first-order chi connectivity index (χ1) is 12.2. The van der Waals surface area contributed by atoms with Crippen molar-refractivity contribution in [3.8, 4) is 0 Å². The number of aryl methyl sites for hydroxylation is 1. The van der Waals surface area contributed by atoms with Crippen molar-refractivity contribution in [1.82, 2.24) is 10.2 Å². The lowest BCUT2D eigenvalue weighted by Gasteiger charge is -2.26. The number of rotatable bonds is 8. The van der Waals surface area contributed by atoms with Gasteiger partial charge in [0.15, 0.2) is 5.96 Å². The molecule has 1 aliphatic rings. The first kappa shape index (κ1) is 23.5. The molecule has 0 aromatic heterocycles. The lowest BCUT2D eigenvalue weighted by molar-refractivity contribution is 0.0625. The van der Waals surface area contributed by atoms with Crippen LogP contribution in [0.15, 0.2) is 29.3 Å². The maximum atomic E-state index is 6.22. The van der Waals surface area contributed by atoms with E-state index in [4.69, 9.17) is 21.3 Å². The van der Waals surface area contributed by atoms with Gasteiger partial charge in [-0.05, 0) is 56.6 Å². The molecular weight excluding hydrogens is 461 g/mol. The Morgan fingerprint density at radius 3 is 2.73 bits per heavy atom. The van der Waals surface area contributed by atoms with Crippen LogP contribution in [-0.4, -0.2) is 50.8 Å². The summed E-state index contributed by atoms with van der Waals surface area (Å²) in [7, 11) is 2.13. The zero-order valence-corrected chi connectivity index (χ0v) is 19.1. The smallest absolute Gasteiger partial charge is 0.193 e. The molecule has 0 radical (unpaired) electrons. The third-order valence-electron chi connectivity index (χ3n) is 4.73. The van der Waals surface area contributed by atoms with E-state index in [1.807, 2.05) is 18.2 Å². The number of aliphatic imine (C=N–C) groups is 1. The van der Waals surface area contributed by atoms with E-state index >= 15 is 0 Å². The maximum Gasteiger partial charge on any atom is 0.193 e. The Hall–Kier alpha value is -0.530. The molecule has 1 aromatic carbocycles. The van der Waals surface area contributed by atoms with Crippen molar-refractivity contribution in [3.63, 3.8) is 0 Å². The van der Waals surface area contributed by atoms with E-state index in [1.165, 1.54) is 24.8 Å². The maximum absolute atomic E-state index is 6.22. The van der Waals surface area contributed by atoms with Gasteiger partial charge in [0, 0.05) is 44.9 Å². The standard InChI is InChI=1S/C20H32ClN3O.HI/c1-3-22-20(24(2)14-10-17-11-15-25-16-12-17)23-13-6-8-18-7-4-5-9-19(18)21;/h4-5,7,9,17H,3,6,8,10-16H2,1-2H3,(H,22,23);1H. The minimum atomic E-state index is 0. The quantitative estimate of drug-likeness (QED) is 0.249. The molecule has 148 valence electrons. The Labute approximate surface area is 180 Å². The minimum Gasteiger partial charge on any atom is -0.381 e.